The number of fused-ring (bicyclic) bond motifs is 1. The fourth-order valence-corrected chi connectivity index (χ4v) is 4.30. The van der Waals surface area contributed by atoms with Crippen molar-refractivity contribution in [1.29, 1.82) is 0 Å². The molecule has 8 heteroatoms. The van der Waals surface area contributed by atoms with Crippen LogP contribution < -0.4 is 5.32 Å². The van der Waals surface area contributed by atoms with E-state index in [0.717, 1.165) is 47.0 Å². The Morgan fingerprint density at radius 2 is 1.76 bits per heavy atom. The molecule has 1 aliphatic rings. The first kappa shape index (κ1) is 23.4. The predicted octanol–water partition coefficient (Wildman–Crippen LogP) is 3.80. The fraction of sp³-hybridized carbons (Fsp3) is 0.400. The number of aromatic nitrogens is 2. The summed E-state index contributed by atoms with van der Waals surface area (Å²) >= 11 is 3.38. The van der Waals surface area contributed by atoms with Gasteiger partial charge in [0.25, 0.3) is 5.91 Å². The average Bonchev–Trinajstić information content (AvgIpc) is 3.19. The first-order valence-corrected chi connectivity index (χ1v) is 12.2. The van der Waals surface area contributed by atoms with Crippen LogP contribution >= 0.6 is 15.9 Å². The number of morpholine rings is 1. The Balaban J connectivity index is 1.29. The predicted molar refractivity (Wildman–Crippen MR) is 131 cm³/mol. The summed E-state index contributed by atoms with van der Waals surface area (Å²) in [6.45, 7) is 3.43. The Morgan fingerprint density at radius 3 is 2.55 bits per heavy atom. The van der Waals surface area contributed by atoms with Gasteiger partial charge in [0.15, 0.2) is 0 Å². The van der Waals surface area contributed by atoms with Crippen LogP contribution in [0.4, 0.5) is 0 Å². The highest BCUT2D eigenvalue weighted by molar-refractivity contribution is 9.10. The Hall–Kier alpha value is -2.71. The maximum Gasteiger partial charge on any atom is 0.251 e. The Kier molecular flexibility index (Phi) is 8.12. The number of benzene rings is 2. The molecule has 0 spiro atoms. The molecule has 0 radical (unpaired) electrons. The van der Waals surface area contributed by atoms with Gasteiger partial charge in [-0.25, -0.2) is 4.98 Å². The lowest BCUT2D eigenvalue weighted by Crippen LogP contribution is -2.42. The van der Waals surface area contributed by atoms with Gasteiger partial charge in [0.2, 0.25) is 5.91 Å². The summed E-state index contributed by atoms with van der Waals surface area (Å²) in [6.07, 6.45) is 3.62. The summed E-state index contributed by atoms with van der Waals surface area (Å²) in [6, 6.07) is 15.3. The number of rotatable bonds is 9. The van der Waals surface area contributed by atoms with Gasteiger partial charge in [0, 0.05) is 36.1 Å². The molecule has 2 heterocycles. The number of hydrogen-bond donors (Lipinski definition) is 1. The lowest BCUT2D eigenvalue weighted by molar-refractivity contribution is -0.135. The molecule has 1 aromatic heterocycles. The number of amides is 2. The Labute approximate surface area is 202 Å². The lowest BCUT2D eigenvalue weighted by Gasteiger charge is -2.27. The number of carbonyl (C=O) groups is 2. The third-order valence-corrected chi connectivity index (χ3v) is 6.39. The highest BCUT2D eigenvalue weighted by atomic mass is 79.9. The van der Waals surface area contributed by atoms with Gasteiger partial charge in [-0.1, -0.05) is 34.5 Å². The number of ether oxygens (including phenoxy) is 1. The van der Waals surface area contributed by atoms with Crippen LogP contribution in [0.3, 0.4) is 0 Å². The number of halogens is 1. The molecule has 1 N–H and O–H groups in total. The minimum atomic E-state index is -0.0501. The van der Waals surface area contributed by atoms with E-state index in [2.05, 4.69) is 25.8 Å². The van der Waals surface area contributed by atoms with Crippen LogP contribution in [0.15, 0.2) is 53.0 Å². The number of hydrogen-bond acceptors (Lipinski definition) is 4. The second-order valence-corrected chi connectivity index (χ2v) is 9.09. The van der Waals surface area contributed by atoms with Crippen LogP contribution in [-0.4, -0.2) is 59.1 Å². The smallest absolute Gasteiger partial charge is 0.251 e. The van der Waals surface area contributed by atoms with Crippen molar-refractivity contribution in [2.45, 2.75) is 32.2 Å². The Bertz CT molecular complexity index is 1090. The molecular weight excluding hydrogens is 484 g/mol. The molecule has 2 aromatic carbocycles. The third-order valence-electron chi connectivity index (χ3n) is 5.86. The van der Waals surface area contributed by atoms with Gasteiger partial charge in [-0.2, -0.15) is 0 Å². The van der Waals surface area contributed by atoms with Crippen molar-refractivity contribution in [2.24, 2.45) is 0 Å². The lowest BCUT2D eigenvalue weighted by atomic mass is 10.1. The van der Waals surface area contributed by atoms with Gasteiger partial charge in [-0.05, 0) is 49.2 Å². The molecule has 3 aromatic rings. The number of aryl methyl sites for hydroxylation is 1. The number of para-hydroxylation sites is 2. The first-order valence-electron chi connectivity index (χ1n) is 11.5. The molecule has 174 valence electrons. The second kappa shape index (κ2) is 11.4. The summed E-state index contributed by atoms with van der Waals surface area (Å²) in [5.74, 6) is 1.00. The molecule has 0 aliphatic carbocycles. The third kappa shape index (κ3) is 6.21. The van der Waals surface area contributed by atoms with Gasteiger partial charge < -0.3 is 19.5 Å². The van der Waals surface area contributed by atoms with Crippen LogP contribution in [-0.2, 0) is 22.5 Å². The zero-order valence-electron chi connectivity index (χ0n) is 18.6. The number of carbonyl (C=O) groups excluding carboxylic acids is 2. The van der Waals surface area contributed by atoms with Crippen molar-refractivity contribution in [2.75, 3.05) is 32.8 Å². The van der Waals surface area contributed by atoms with Gasteiger partial charge in [0.1, 0.15) is 12.4 Å². The van der Waals surface area contributed by atoms with Crippen LogP contribution in [0.25, 0.3) is 11.0 Å². The van der Waals surface area contributed by atoms with Crippen LogP contribution in [0, 0.1) is 0 Å². The van der Waals surface area contributed by atoms with E-state index in [1.54, 1.807) is 0 Å². The van der Waals surface area contributed by atoms with Gasteiger partial charge in [-0.15, -0.1) is 0 Å². The zero-order valence-corrected chi connectivity index (χ0v) is 20.2. The molecule has 2 amide bonds. The molecule has 1 aliphatic heterocycles. The topological polar surface area (TPSA) is 76.5 Å². The SMILES string of the molecule is O=C(NCCCCCc1nc2ccccc2n1CC(=O)N1CCOCC1)c1ccc(Br)cc1. The van der Waals surface area contributed by atoms with E-state index < -0.39 is 0 Å². The van der Waals surface area contributed by atoms with Crippen molar-refractivity contribution in [3.8, 4) is 0 Å². The van der Waals surface area contributed by atoms with Crippen molar-refractivity contribution in [3.63, 3.8) is 0 Å². The number of nitrogens with one attached hydrogen (secondary N) is 1. The minimum absolute atomic E-state index is 0.0501. The van der Waals surface area contributed by atoms with Crippen LogP contribution in [0.2, 0.25) is 0 Å². The summed E-state index contributed by atoms with van der Waals surface area (Å²) in [5, 5.41) is 2.98. The number of unbranched alkanes of at least 4 members (excludes halogenated alkanes) is 2. The van der Waals surface area contributed by atoms with E-state index in [4.69, 9.17) is 9.72 Å². The van der Waals surface area contributed by atoms with E-state index in [-0.39, 0.29) is 11.8 Å². The van der Waals surface area contributed by atoms with Crippen LogP contribution in [0.1, 0.15) is 35.4 Å². The highest BCUT2D eigenvalue weighted by Crippen LogP contribution is 2.18. The summed E-state index contributed by atoms with van der Waals surface area (Å²) < 4.78 is 8.38. The molecule has 1 saturated heterocycles. The van der Waals surface area contributed by atoms with Gasteiger partial charge in [0.05, 0.1) is 24.2 Å². The first-order chi connectivity index (χ1) is 16.1. The van der Waals surface area contributed by atoms with E-state index >= 15 is 0 Å². The molecule has 33 heavy (non-hydrogen) atoms. The van der Waals surface area contributed by atoms with Crippen molar-refractivity contribution >= 4 is 38.8 Å². The van der Waals surface area contributed by atoms with Crippen molar-refractivity contribution < 1.29 is 14.3 Å². The van der Waals surface area contributed by atoms with Gasteiger partial charge in [-0.3, -0.25) is 9.59 Å². The monoisotopic (exact) mass is 512 g/mol. The molecule has 4 rings (SSSR count). The second-order valence-electron chi connectivity index (χ2n) is 8.17. The van der Waals surface area contributed by atoms with Crippen molar-refractivity contribution in [1.82, 2.24) is 19.8 Å². The van der Waals surface area contributed by atoms with E-state index in [0.29, 0.717) is 45.0 Å². The van der Waals surface area contributed by atoms with E-state index in [1.807, 2.05) is 53.4 Å². The highest BCUT2D eigenvalue weighted by Gasteiger charge is 2.20. The molecule has 0 atom stereocenters. The Morgan fingerprint density at radius 1 is 1.00 bits per heavy atom. The minimum Gasteiger partial charge on any atom is -0.378 e. The normalized spacial score (nSPS) is 13.9. The number of imidazole rings is 1. The summed E-state index contributed by atoms with van der Waals surface area (Å²) in [7, 11) is 0. The fourth-order valence-electron chi connectivity index (χ4n) is 4.03. The molecule has 0 saturated carbocycles. The standard InChI is InChI=1S/C25H29BrN4O3/c26-20-11-9-19(10-12-20)25(32)27-13-5-1-2-8-23-28-21-6-3-4-7-22(21)30(23)18-24(31)29-14-16-33-17-15-29/h3-4,6-7,9-12H,1-2,5,8,13-18H2,(H,27,32). The molecule has 7 nitrogen and oxygen atoms in total. The maximum atomic E-state index is 12.9. The summed E-state index contributed by atoms with van der Waals surface area (Å²) in [5.41, 5.74) is 2.58. The number of nitrogens with zero attached hydrogens (tertiary/aromatic N) is 3. The summed E-state index contributed by atoms with van der Waals surface area (Å²) in [4.78, 5) is 31.7. The zero-order chi connectivity index (χ0) is 23.0. The van der Waals surface area contributed by atoms with Gasteiger partial charge >= 0.3 is 0 Å². The van der Waals surface area contributed by atoms with Crippen molar-refractivity contribution in [3.05, 3.63) is 64.4 Å². The quantitative estimate of drug-likeness (QED) is 0.442. The van der Waals surface area contributed by atoms with Crippen LogP contribution in [0.5, 0.6) is 0 Å². The maximum absolute atomic E-state index is 12.9. The average molecular weight is 513 g/mol. The molecule has 1 fully saturated rings. The van der Waals surface area contributed by atoms with E-state index in [1.165, 1.54) is 0 Å². The molecular formula is C25H29BrN4O3. The molecule has 0 unspecified atom stereocenters. The van der Waals surface area contributed by atoms with E-state index in [9.17, 15) is 9.59 Å². The largest absolute Gasteiger partial charge is 0.378 e. The molecule has 0 bridgehead atoms.